The van der Waals surface area contributed by atoms with Gasteiger partial charge in [-0.3, -0.25) is 14.5 Å². The van der Waals surface area contributed by atoms with Crippen LogP contribution in [0.5, 0.6) is 5.75 Å². The Labute approximate surface area is 188 Å². The monoisotopic (exact) mass is 444 g/mol. The Morgan fingerprint density at radius 3 is 2.78 bits per heavy atom. The van der Waals surface area contributed by atoms with Crippen molar-refractivity contribution >= 4 is 22.8 Å². The third-order valence-electron chi connectivity index (χ3n) is 6.21. The summed E-state index contributed by atoms with van der Waals surface area (Å²) in [5, 5.41) is 0.547. The zero-order chi connectivity index (χ0) is 22.5. The molecule has 2 saturated heterocycles. The summed E-state index contributed by atoms with van der Waals surface area (Å²) >= 11 is 0. The van der Waals surface area contributed by atoms with E-state index in [9.17, 15) is 9.59 Å². The lowest BCUT2D eigenvalue weighted by atomic mass is 10.0. The predicted octanol–water partition coefficient (Wildman–Crippen LogP) is 2.73. The lowest BCUT2D eigenvalue weighted by Crippen LogP contribution is -2.47. The van der Waals surface area contributed by atoms with Gasteiger partial charge in [-0.05, 0) is 45.4 Å². The molecule has 0 aliphatic carbocycles. The number of rotatable bonds is 7. The van der Waals surface area contributed by atoms with Gasteiger partial charge in [0.2, 0.25) is 0 Å². The molecule has 1 atom stereocenters. The topological polar surface area (TPSA) is 81.5 Å². The van der Waals surface area contributed by atoms with Crippen LogP contribution in [0, 0.1) is 6.92 Å². The summed E-state index contributed by atoms with van der Waals surface area (Å²) in [6.45, 7) is 8.71. The van der Waals surface area contributed by atoms with Crippen molar-refractivity contribution in [1.29, 1.82) is 0 Å². The molecule has 2 aliphatic heterocycles. The van der Waals surface area contributed by atoms with Crippen molar-refractivity contribution in [2.24, 2.45) is 0 Å². The summed E-state index contributed by atoms with van der Waals surface area (Å²) in [6.07, 6.45) is 2.93. The Kier molecular flexibility index (Phi) is 7.32. The minimum Gasteiger partial charge on any atom is -0.492 e. The van der Waals surface area contributed by atoms with Gasteiger partial charge in [0.05, 0.1) is 25.2 Å². The molecule has 2 aromatic rings. The van der Waals surface area contributed by atoms with Crippen molar-refractivity contribution in [2.45, 2.75) is 39.2 Å². The van der Waals surface area contributed by atoms with Crippen LogP contribution in [0.2, 0.25) is 0 Å². The molecule has 4 rings (SSSR count). The molecule has 174 valence electrons. The Hall–Kier alpha value is -2.58. The third kappa shape index (κ3) is 4.91. The molecule has 0 N–H and O–H groups in total. The average Bonchev–Trinajstić information content (AvgIpc) is 2.82. The highest BCUT2D eigenvalue weighted by Gasteiger charge is 2.29. The summed E-state index contributed by atoms with van der Waals surface area (Å²) in [4.78, 5) is 29.1. The maximum atomic E-state index is 12.7. The van der Waals surface area contributed by atoms with Crippen molar-refractivity contribution in [3.05, 3.63) is 34.0 Å². The van der Waals surface area contributed by atoms with Crippen molar-refractivity contribution < 1.29 is 23.4 Å². The van der Waals surface area contributed by atoms with Gasteiger partial charge in [0.15, 0.2) is 11.3 Å². The van der Waals surface area contributed by atoms with Crippen LogP contribution in [0.3, 0.4) is 0 Å². The van der Waals surface area contributed by atoms with Gasteiger partial charge in [-0.2, -0.15) is 0 Å². The van der Waals surface area contributed by atoms with Crippen molar-refractivity contribution in [3.8, 4) is 5.75 Å². The van der Waals surface area contributed by atoms with E-state index in [1.54, 1.807) is 12.1 Å². The number of hydrogen-bond donors (Lipinski definition) is 0. The fraction of sp³-hybridized carbons (Fsp3) is 0.583. The number of fused-ring (bicyclic) bond motifs is 1. The Morgan fingerprint density at radius 1 is 1.19 bits per heavy atom. The van der Waals surface area contributed by atoms with Crippen LogP contribution in [0.4, 0.5) is 5.88 Å². The van der Waals surface area contributed by atoms with E-state index in [-0.39, 0.29) is 17.4 Å². The largest absolute Gasteiger partial charge is 0.492 e. The highest BCUT2D eigenvalue weighted by Crippen LogP contribution is 2.29. The maximum absolute atomic E-state index is 12.7. The number of morpholine rings is 1. The molecular formula is C24H32N2O6. The summed E-state index contributed by atoms with van der Waals surface area (Å²) in [5.74, 6) is 1.10. The standard InChI is InChI=1S/C24H32N2O6/c1-3-30-24(28)19-6-4-5-9-25(19)12-15-31-21-8-7-18-20(27)16-22(32-23(18)17(21)2)26-10-13-29-14-11-26/h7-8,16,19H,3-6,9-15H2,1-2H3. The zero-order valence-electron chi connectivity index (χ0n) is 18.9. The van der Waals surface area contributed by atoms with Gasteiger partial charge < -0.3 is 23.5 Å². The number of carbonyl (C=O) groups is 1. The van der Waals surface area contributed by atoms with Crippen molar-refractivity contribution in [1.82, 2.24) is 4.90 Å². The van der Waals surface area contributed by atoms with Crippen LogP contribution >= 0.6 is 0 Å². The molecular weight excluding hydrogens is 412 g/mol. The van der Waals surface area contributed by atoms with E-state index >= 15 is 0 Å². The predicted molar refractivity (Wildman–Crippen MR) is 122 cm³/mol. The first-order valence-electron chi connectivity index (χ1n) is 11.5. The number of hydrogen-bond acceptors (Lipinski definition) is 8. The Balaban J connectivity index is 1.47. The Bertz CT molecular complexity index is 998. The number of carbonyl (C=O) groups excluding carboxylic acids is 1. The molecule has 0 saturated carbocycles. The van der Waals surface area contributed by atoms with E-state index < -0.39 is 0 Å². The minimum atomic E-state index is -0.195. The maximum Gasteiger partial charge on any atom is 0.323 e. The first-order chi connectivity index (χ1) is 15.6. The molecule has 2 aliphatic rings. The van der Waals surface area contributed by atoms with Gasteiger partial charge in [0.25, 0.3) is 0 Å². The van der Waals surface area contributed by atoms with Gasteiger partial charge in [0.1, 0.15) is 24.0 Å². The molecule has 0 bridgehead atoms. The van der Waals surface area contributed by atoms with Crippen LogP contribution in [0.25, 0.3) is 11.0 Å². The smallest absolute Gasteiger partial charge is 0.323 e. The third-order valence-corrected chi connectivity index (χ3v) is 6.21. The van der Waals surface area contributed by atoms with E-state index in [2.05, 4.69) is 4.90 Å². The quantitative estimate of drug-likeness (QED) is 0.603. The molecule has 1 aromatic carbocycles. The van der Waals surface area contributed by atoms with Gasteiger partial charge in [-0.1, -0.05) is 6.42 Å². The van der Waals surface area contributed by atoms with Crippen LogP contribution in [-0.4, -0.2) is 69.5 Å². The van der Waals surface area contributed by atoms with Gasteiger partial charge in [-0.25, -0.2) is 0 Å². The molecule has 32 heavy (non-hydrogen) atoms. The molecule has 2 fully saturated rings. The summed E-state index contributed by atoms with van der Waals surface area (Å²) in [6, 6.07) is 4.94. The number of esters is 1. The van der Waals surface area contributed by atoms with E-state index in [4.69, 9.17) is 18.6 Å². The second-order valence-corrected chi connectivity index (χ2v) is 8.26. The fourth-order valence-electron chi connectivity index (χ4n) is 4.46. The second-order valence-electron chi connectivity index (χ2n) is 8.26. The number of aryl methyl sites for hydroxylation is 1. The molecule has 0 amide bonds. The fourth-order valence-corrected chi connectivity index (χ4v) is 4.46. The van der Waals surface area contributed by atoms with E-state index in [1.165, 1.54) is 0 Å². The summed E-state index contributed by atoms with van der Waals surface area (Å²) in [5.41, 5.74) is 1.29. The highest BCUT2D eigenvalue weighted by atomic mass is 16.5. The highest BCUT2D eigenvalue weighted by molar-refractivity contribution is 5.83. The number of benzene rings is 1. The van der Waals surface area contributed by atoms with Crippen LogP contribution in [-0.2, 0) is 14.3 Å². The van der Waals surface area contributed by atoms with Crippen LogP contribution in [0.15, 0.2) is 27.4 Å². The summed E-state index contributed by atoms with van der Waals surface area (Å²) in [7, 11) is 0. The van der Waals surface area contributed by atoms with Crippen molar-refractivity contribution in [2.75, 3.05) is 57.5 Å². The van der Waals surface area contributed by atoms with Gasteiger partial charge in [-0.15, -0.1) is 0 Å². The SMILES string of the molecule is CCOC(=O)C1CCCCN1CCOc1ccc2c(=O)cc(N3CCOCC3)oc2c1C. The van der Waals surface area contributed by atoms with Crippen molar-refractivity contribution in [3.63, 3.8) is 0 Å². The van der Waals surface area contributed by atoms with E-state index in [1.807, 2.05) is 24.8 Å². The molecule has 8 nitrogen and oxygen atoms in total. The summed E-state index contributed by atoms with van der Waals surface area (Å²) < 4.78 is 22.9. The second kappa shape index (κ2) is 10.4. The molecule has 0 spiro atoms. The first kappa shape index (κ1) is 22.6. The molecule has 1 unspecified atom stereocenters. The number of nitrogens with zero attached hydrogens (tertiary/aromatic N) is 2. The lowest BCUT2D eigenvalue weighted by Gasteiger charge is -2.33. The van der Waals surface area contributed by atoms with Gasteiger partial charge >= 0.3 is 5.97 Å². The first-order valence-corrected chi connectivity index (χ1v) is 11.5. The van der Waals surface area contributed by atoms with Crippen LogP contribution < -0.4 is 15.1 Å². The minimum absolute atomic E-state index is 0.0620. The van der Waals surface area contributed by atoms with E-state index in [0.29, 0.717) is 68.7 Å². The normalized spacial score (nSPS) is 19.8. The molecule has 3 heterocycles. The lowest BCUT2D eigenvalue weighted by molar-refractivity contribution is -0.151. The molecule has 8 heteroatoms. The van der Waals surface area contributed by atoms with Gasteiger partial charge in [0, 0.05) is 31.3 Å². The number of piperidine rings is 1. The van der Waals surface area contributed by atoms with Crippen LogP contribution in [0.1, 0.15) is 31.7 Å². The molecule has 0 radical (unpaired) electrons. The Morgan fingerprint density at radius 2 is 2.00 bits per heavy atom. The average molecular weight is 445 g/mol. The van der Waals surface area contributed by atoms with E-state index in [0.717, 1.165) is 31.4 Å². The number of ether oxygens (including phenoxy) is 3. The zero-order valence-corrected chi connectivity index (χ0v) is 18.9. The number of likely N-dealkylation sites (tertiary alicyclic amines) is 1. The number of anilines is 1. The molecule has 1 aromatic heterocycles.